The standard InChI is InChI=1S/C21H26N2O4S/c1-16-6-7-17(2)20(14-16)27-15-21(24)22-18-8-10-19(11-9-18)28(25,26)23-12-4-3-5-13-23/h6-11,14H,3-5,12-13,15H2,1-2H3,(H,22,24). The van der Waals surface area contributed by atoms with Gasteiger partial charge in [-0.3, -0.25) is 4.79 Å². The lowest BCUT2D eigenvalue weighted by Gasteiger charge is -2.25. The van der Waals surface area contributed by atoms with E-state index in [1.54, 1.807) is 12.1 Å². The largest absolute Gasteiger partial charge is 0.483 e. The van der Waals surface area contributed by atoms with Gasteiger partial charge < -0.3 is 10.1 Å². The fourth-order valence-corrected chi connectivity index (χ4v) is 4.68. The summed E-state index contributed by atoms with van der Waals surface area (Å²) in [6, 6.07) is 12.1. The highest BCUT2D eigenvalue weighted by atomic mass is 32.2. The first-order chi connectivity index (χ1) is 13.4. The van der Waals surface area contributed by atoms with Crippen molar-refractivity contribution in [2.45, 2.75) is 38.0 Å². The van der Waals surface area contributed by atoms with Gasteiger partial charge in [0.25, 0.3) is 5.91 Å². The SMILES string of the molecule is Cc1ccc(C)c(OCC(=O)Nc2ccc(S(=O)(=O)N3CCCCC3)cc2)c1. The Balaban J connectivity index is 1.59. The minimum absolute atomic E-state index is 0.113. The predicted molar refractivity (Wildman–Crippen MR) is 109 cm³/mol. The smallest absolute Gasteiger partial charge is 0.262 e. The molecular weight excluding hydrogens is 376 g/mol. The van der Waals surface area contributed by atoms with Crippen molar-refractivity contribution in [2.75, 3.05) is 25.0 Å². The number of hydrogen-bond donors (Lipinski definition) is 1. The summed E-state index contributed by atoms with van der Waals surface area (Å²) in [5.74, 6) is 0.380. The Hall–Kier alpha value is -2.38. The van der Waals surface area contributed by atoms with Crippen LogP contribution in [-0.4, -0.2) is 38.3 Å². The molecule has 0 aliphatic carbocycles. The van der Waals surface area contributed by atoms with Crippen molar-refractivity contribution in [3.05, 3.63) is 53.6 Å². The Morgan fingerprint density at radius 2 is 1.71 bits per heavy atom. The van der Waals surface area contributed by atoms with Crippen molar-refractivity contribution in [3.63, 3.8) is 0 Å². The van der Waals surface area contributed by atoms with Crippen LogP contribution in [0.1, 0.15) is 30.4 Å². The molecule has 150 valence electrons. The molecule has 2 aromatic rings. The maximum absolute atomic E-state index is 12.7. The molecule has 0 atom stereocenters. The van der Waals surface area contributed by atoms with Crippen molar-refractivity contribution >= 4 is 21.6 Å². The average molecular weight is 403 g/mol. The van der Waals surface area contributed by atoms with Gasteiger partial charge in [-0.1, -0.05) is 18.6 Å². The minimum Gasteiger partial charge on any atom is -0.483 e. The zero-order valence-corrected chi connectivity index (χ0v) is 17.1. The third-order valence-corrected chi connectivity index (χ3v) is 6.71. The molecule has 0 unspecified atom stereocenters. The van der Waals surface area contributed by atoms with Gasteiger partial charge in [0.05, 0.1) is 4.90 Å². The molecular formula is C21H26N2O4S. The monoisotopic (exact) mass is 402 g/mol. The van der Waals surface area contributed by atoms with E-state index in [1.807, 2.05) is 32.0 Å². The molecule has 0 aromatic heterocycles. The summed E-state index contributed by atoms with van der Waals surface area (Å²) in [6.45, 7) is 4.91. The first-order valence-electron chi connectivity index (χ1n) is 9.46. The Labute approximate surface area is 166 Å². The van der Waals surface area contributed by atoms with Gasteiger partial charge in [-0.05, 0) is 68.1 Å². The number of amides is 1. The van der Waals surface area contributed by atoms with Gasteiger partial charge in [0.2, 0.25) is 10.0 Å². The molecule has 1 aliphatic heterocycles. The second-order valence-electron chi connectivity index (χ2n) is 7.09. The van der Waals surface area contributed by atoms with Crippen molar-refractivity contribution in [3.8, 4) is 5.75 Å². The van der Waals surface area contributed by atoms with Crippen LogP contribution in [0.4, 0.5) is 5.69 Å². The number of carbonyl (C=O) groups excluding carboxylic acids is 1. The molecule has 1 aliphatic rings. The van der Waals surface area contributed by atoms with Gasteiger partial charge in [-0.2, -0.15) is 4.31 Å². The number of aryl methyl sites for hydroxylation is 2. The predicted octanol–water partition coefficient (Wildman–Crippen LogP) is 3.50. The maximum atomic E-state index is 12.7. The van der Waals surface area contributed by atoms with E-state index < -0.39 is 10.0 Å². The first-order valence-corrected chi connectivity index (χ1v) is 10.9. The Bertz CT molecular complexity index is 933. The molecule has 1 fully saturated rings. The summed E-state index contributed by atoms with van der Waals surface area (Å²) in [6.07, 6.45) is 2.86. The van der Waals surface area contributed by atoms with E-state index in [0.717, 1.165) is 30.4 Å². The lowest BCUT2D eigenvalue weighted by molar-refractivity contribution is -0.118. The molecule has 1 heterocycles. The van der Waals surface area contributed by atoms with Crippen molar-refractivity contribution < 1.29 is 17.9 Å². The lowest BCUT2D eigenvalue weighted by atomic mass is 10.1. The van der Waals surface area contributed by atoms with Gasteiger partial charge >= 0.3 is 0 Å². The number of anilines is 1. The molecule has 3 rings (SSSR count). The zero-order chi connectivity index (χ0) is 20.1. The fourth-order valence-electron chi connectivity index (χ4n) is 3.17. The Kier molecular flexibility index (Phi) is 6.36. The third-order valence-electron chi connectivity index (χ3n) is 4.79. The van der Waals surface area contributed by atoms with E-state index in [1.165, 1.54) is 16.4 Å². The molecule has 1 amide bonds. The van der Waals surface area contributed by atoms with Gasteiger partial charge in [-0.15, -0.1) is 0 Å². The summed E-state index contributed by atoms with van der Waals surface area (Å²) in [7, 11) is -3.47. The summed E-state index contributed by atoms with van der Waals surface area (Å²) in [5, 5.41) is 2.73. The summed E-state index contributed by atoms with van der Waals surface area (Å²) in [5.41, 5.74) is 2.56. The normalized spacial score (nSPS) is 15.2. The van der Waals surface area contributed by atoms with Crippen LogP contribution in [0.15, 0.2) is 47.4 Å². The number of rotatable bonds is 6. The first kappa shape index (κ1) is 20.4. The molecule has 0 radical (unpaired) electrons. The molecule has 28 heavy (non-hydrogen) atoms. The summed E-state index contributed by atoms with van der Waals surface area (Å²) >= 11 is 0. The number of nitrogens with zero attached hydrogens (tertiary/aromatic N) is 1. The lowest BCUT2D eigenvalue weighted by Crippen LogP contribution is -2.35. The minimum atomic E-state index is -3.47. The molecule has 2 aromatic carbocycles. The molecule has 0 spiro atoms. The van der Waals surface area contributed by atoms with Gasteiger partial charge in [0.1, 0.15) is 5.75 Å². The fraction of sp³-hybridized carbons (Fsp3) is 0.381. The van der Waals surface area contributed by atoms with Crippen LogP contribution in [0.5, 0.6) is 5.75 Å². The van der Waals surface area contributed by atoms with Gasteiger partial charge in [-0.25, -0.2) is 8.42 Å². The Morgan fingerprint density at radius 1 is 1.04 bits per heavy atom. The second-order valence-corrected chi connectivity index (χ2v) is 9.03. The molecule has 1 N–H and O–H groups in total. The maximum Gasteiger partial charge on any atom is 0.262 e. The van der Waals surface area contributed by atoms with Crippen LogP contribution in [0.3, 0.4) is 0 Å². The molecule has 0 saturated carbocycles. The highest BCUT2D eigenvalue weighted by molar-refractivity contribution is 7.89. The second kappa shape index (κ2) is 8.75. The van der Waals surface area contributed by atoms with E-state index in [0.29, 0.717) is 24.5 Å². The van der Waals surface area contributed by atoms with Crippen molar-refractivity contribution in [1.82, 2.24) is 4.31 Å². The van der Waals surface area contributed by atoms with Gasteiger partial charge in [0.15, 0.2) is 6.61 Å². The Morgan fingerprint density at radius 3 is 2.39 bits per heavy atom. The summed E-state index contributed by atoms with van der Waals surface area (Å²) in [4.78, 5) is 12.4. The molecule has 1 saturated heterocycles. The van der Waals surface area contributed by atoms with Crippen molar-refractivity contribution in [2.24, 2.45) is 0 Å². The number of carbonyl (C=O) groups is 1. The topological polar surface area (TPSA) is 75.7 Å². The highest BCUT2D eigenvalue weighted by Crippen LogP contribution is 2.22. The quantitative estimate of drug-likeness (QED) is 0.802. The van der Waals surface area contributed by atoms with Crippen molar-refractivity contribution in [1.29, 1.82) is 0 Å². The number of hydrogen-bond acceptors (Lipinski definition) is 4. The number of ether oxygens (including phenoxy) is 1. The number of nitrogens with one attached hydrogen (secondary N) is 1. The van der Waals surface area contributed by atoms with Crippen LogP contribution in [0.25, 0.3) is 0 Å². The average Bonchev–Trinajstić information content (AvgIpc) is 2.70. The van der Waals surface area contributed by atoms with Crippen LogP contribution in [0, 0.1) is 13.8 Å². The van der Waals surface area contributed by atoms with E-state index in [2.05, 4.69) is 5.32 Å². The van der Waals surface area contributed by atoms with Crippen LogP contribution in [0.2, 0.25) is 0 Å². The van der Waals surface area contributed by atoms with Crippen LogP contribution >= 0.6 is 0 Å². The van der Waals surface area contributed by atoms with E-state index >= 15 is 0 Å². The van der Waals surface area contributed by atoms with E-state index in [4.69, 9.17) is 4.74 Å². The molecule has 0 bridgehead atoms. The van der Waals surface area contributed by atoms with Crippen LogP contribution in [-0.2, 0) is 14.8 Å². The number of sulfonamides is 1. The van der Waals surface area contributed by atoms with E-state index in [9.17, 15) is 13.2 Å². The number of benzene rings is 2. The molecule has 6 nitrogen and oxygen atoms in total. The van der Waals surface area contributed by atoms with E-state index in [-0.39, 0.29) is 17.4 Å². The summed E-state index contributed by atoms with van der Waals surface area (Å²) < 4.78 is 32.4. The number of piperidine rings is 1. The third kappa shape index (κ3) is 4.91. The molecule has 7 heteroatoms. The van der Waals surface area contributed by atoms with Gasteiger partial charge in [0, 0.05) is 18.8 Å². The van der Waals surface area contributed by atoms with Crippen LogP contribution < -0.4 is 10.1 Å². The zero-order valence-electron chi connectivity index (χ0n) is 16.3. The highest BCUT2D eigenvalue weighted by Gasteiger charge is 2.25.